The molecule has 0 spiro atoms. The van der Waals surface area contributed by atoms with E-state index in [0.717, 1.165) is 18.2 Å². The van der Waals surface area contributed by atoms with Gasteiger partial charge >= 0.3 is 12.1 Å². The Morgan fingerprint density at radius 2 is 2.16 bits per heavy atom. The third kappa shape index (κ3) is 4.17. The van der Waals surface area contributed by atoms with E-state index in [4.69, 9.17) is 5.26 Å². The van der Waals surface area contributed by atoms with Crippen molar-refractivity contribution in [3.8, 4) is 6.07 Å². The molecule has 19 heavy (non-hydrogen) atoms. The largest absolute Gasteiger partial charge is 0.465 e. The smallest absolute Gasteiger partial charge is 0.416 e. The molecule has 0 aromatic heterocycles. The number of carbonyl (C=O) groups is 1. The van der Waals surface area contributed by atoms with Crippen LogP contribution in [-0.4, -0.2) is 19.1 Å². The van der Waals surface area contributed by atoms with Crippen LogP contribution in [-0.2, 0) is 15.7 Å². The summed E-state index contributed by atoms with van der Waals surface area (Å²) in [6.45, 7) is 1.49. The molecule has 1 N–H and O–H groups in total. The monoisotopic (exact) mass is 272 g/mol. The minimum absolute atomic E-state index is 0.0253. The highest BCUT2D eigenvalue weighted by atomic mass is 19.4. The molecule has 0 heterocycles. The zero-order valence-electron chi connectivity index (χ0n) is 10.0. The third-order valence-electron chi connectivity index (χ3n) is 2.20. The molecule has 4 nitrogen and oxygen atoms in total. The Labute approximate surface area is 107 Å². The maximum Gasteiger partial charge on any atom is 0.416 e. The number of hydrogen-bond acceptors (Lipinski definition) is 4. The Hall–Kier alpha value is -2.23. The minimum atomic E-state index is -4.51. The van der Waals surface area contributed by atoms with Crippen LogP contribution in [0.15, 0.2) is 18.2 Å². The fourth-order valence-corrected chi connectivity index (χ4v) is 1.34. The molecule has 0 aliphatic heterocycles. The van der Waals surface area contributed by atoms with E-state index >= 15 is 0 Å². The summed E-state index contributed by atoms with van der Waals surface area (Å²) in [6, 6.07) is 4.40. The van der Waals surface area contributed by atoms with E-state index in [9.17, 15) is 18.0 Å². The van der Waals surface area contributed by atoms with E-state index in [1.54, 1.807) is 13.0 Å². The third-order valence-corrected chi connectivity index (χ3v) is 2.20. The van der Waals surface area contributed by atoms with E-state index in [1.807, 2.05) is 0 Å². The van der Waals surface area contributed by atoms with E-state index in [1.165, 1.54) is 0 Å². The molecule has 1 rings (SSSR count). The first-order valence-corrected chi connectivity index (χ1v) is 5.39. The van der Waals surface area contributed by atoms with Gasteiger partial charge in [0.25, 0.3) is 0 Å². The molecule has 0 radical (unpaired) electrons. The first-order valence-electron chi connectivity index (χ1n) is 5.39. The zero-order chi connectivity index (χ0) is 14.5. The number of alkyl halides is 3. The van der Waals surface area contributed by atoms with Crippen molar-refractivity contribution in [2.24, 2.45) is 0 Å². The number of esters is 1. The number of hydrogen-bond donors (Lipinski definition) is 1. The fraction of sp³-hybridized carbons (Fsp3) is 0.333. The van der Waals surface area contributed by atoms with Gasteiger partial charge < -0.3 is 10.1 Å². The Morgan fingerprint density at radius 1 is 1.47 bits per heavy atom. The van der Waals surface area contributed by atoms with E-state index < -0.39 is 17.7 Å². The van der Waals surface area contributed by atoms with E-state index in [0.29, 0.717) is 0 Å². The molecule has 7 heteroatoms. The van der Waals surface area contributed by atoms with Crippen molar-refractivity contribution in [1.82, 2.24) is 0 Å². The predicted molar refractivity (Wildman–Crippen MR) is 61.3 cm³/mol. The van der Waals surface area contributed by atoms with Gasteiger partial charge in [-0.2, -0.15) is 18.4 Å². The first kappa shape index (κ1) is 14.8. The average molecular weight is 272 g/mol. The van der Waals surface area contributed by atoms with Crippen LogP contribution in [0.1, 0.15) is 18.1 Å². The molecular weight excluding hydrogens is 261 g/mol. The van der Waals surface area contributed by atoms with Gasteiger partial charge in [0.05, 0.1) is 23.4 Å². The Kier molecular flexibility index (Phi) is 4.75. The molecule has 0 unspecified atom stereocenters. The van der Waals surface area contributed by atoms with Crippen LogP contribution in [0.2, 0.25) is 0 Å². The first-order chi connectivity index (χ1) is 8.88. The Bertz CT molecular complexity index is 507. The lowest BCUT2D eigenvalue weighted by molar-refractivity contribution is -0.141. The number of nitrogens with one attached hydrogen (secondary N) is 1. The summed E-state index contributed by atoms with van der Waals surface area (Å²) < 4.78 is 42.2. The quantitative estimate of drug-likeness (QED) is 0.856. The molecule has 1 aromatic carbocycles. The molecule has 0 atom stereocenters. The Morgan fingerprint density at radius 3 is 2.68 bits per heavy atom. The molecule has 0 aliphatic carbocycles. The second-order valence-electron chi connectivity index (χ2n) is 3.53. The van der Waals surface area contributed by atoms with Crippen LogP contribution >= 0.6 is 0 Å². The molecule has 102 valence electrons. The fourth-order valence-electron chi connectivity index (χ4n) is 1.34. The van der Waals surface area contributed by atoms with Gasteiger partial charge in [-0.1, -0.05) is 0 Å². The predicted octanol–water partition coefficient (Wildman–Crippen LogP) is 2.55. The second-order valence-corrected chi connectivity index (χ2v) is 3.53. The van der Waals surface area contributed by atoms with Crippen molar-refractivity contribution in [1.29, 1.82) is 5.26 Å². The van der Waals surface area contributed by atoms with Crippen molar-refractivity contribution in [2.45, 2.75) is 13.1 Å². The lowest BCUT2D eigenvalue weighted by Crippen LogP contribution is -2.17. The molecule has 0 amide bonds. The van der Waals surface area contributed by atoms with Crippen molar-refractivity contribution in [2.75, 3.05) is 18.5 Å². The number of nitrogens with zero attached hydrogens (tertiary/aromatic N) is 1. The van der Waals surface area contributed by atoms with Gasteiger partial charge in [-0.25, -0.2) is 0 Å². The maximum atomic E-state index is 12.5. The van der Waals surface area contributed by atoms with Gasteiger partial charge in [0, 0.05) is 0 Å². The molecule has 0 saturated carbocycles. The number of halogens is 3. The maximum absolute atomic E-state index is 12.5. The summed E-state index contributed by atoms with van der Waals surface area (Å²) in [5, 5.41) is 11.3. The highest BCUT2D eigenvalue weighted by Crippen LogP contribution is 2.31. The van der Waals surface area contributed by atoms with E-state index in [2.05, 4.69) is 10.1 Å². The van der Waals surface area contributed by atoms with Gasteiger partial charge in [0.15, 0.2) is 0 Å². The number of rotatable bonds is 4. The standard InChI is InChI=1S/C12H11F3N2O2/c1-2-19-11(18)7-17-10-5-9(12(13,14)15)4-3-8(10)6-16/h3-5,17H,2,7H2,1H3. The van der Waals surface area contributed by atoms with Crippen LogP contribution in [0.3, 0.4) is 0 Å². The number of carbonyl (C=O) groups excluding carboxylic acids is 1. The van der Waals surface area contributed by atoms with Crippen LogP contribution in [0, 0.1) is 11.3 Å². The summed E-state index contributed by atoms with van der Waals surface area (Å²) in [4.78, 5) is 11.1. The summed E-state index contributed by atoms with van der Waals surface area (Å²) in [5.74, 6) is -0.608. The van der Waals surface area contributed by atoms with Crippen molar-refractivity contribution >= 4 is 11.7 Å². The molecule has 0 bridgehead atoms. The highest BCUT2D eigenvalue weighted by molar-refractivity contribution is 5.76. The number of nitriles is 1. The van der Waals surface area contributed by atoms with Crippen LogP contribution in [0.4, 0.5) is 18.9 Å². The lowest BCUT2D eigenvalue weighted by Gasteiger charge is -2.11. The van der Waals surface area contributed by atoms with Gasteiger partial charge in [0.2, 0.25) is 0 Å². The lowest BCUT2D eigenvalue weighted by atomic mass is 10.1. The van der Waals surface area contributed by atoms with Crippen molar-refractivity contribution in [3.63, 3.8) is 0 Å². The SMILES string of the molecule is CCOC(=O)CNc1cc(C(F)(F)F)ccc1C#N. The van der Waals surface area contributed by atoms with Crippen molar-refractivity contribution in [3.05, 3.63) is 29.3 Å². The summed E-state index contributed by atoms with van der Waals surface area (Å²) in [7, 11) is 0. The zero-order valence-corrected chi connectivity index (χ0v) is 10.0. The summed E-state index contributed by atoms with van der Waals surface area (Å²) in [5.41, 5.74) is -0.916. The van der Waals surface area contributed by atoms with Gasteiger partial charge in [-0.15, -0.1) is 0 Å². The normalized spacial score (nSPS) is 10.7. The second kappa shape index (κ2) is 6.09. The van der Waals surface area contributed by atoms with Gasteiger partial charge in [-0.05, 0) is 25.1 Å². The summed E-state index contributed by atoms with van der Waals surface area (Å²) in [6.07, 6.45) is -4.51. The average Bonchev–Trinajstić information content (AvgIpc) is 2.35. The van der Waals surface area contributed by atoms with Crippen LogP contribution in [0.25, 0.3) is 0 Å². The number of benzene rings is 1. The van der Waals surface area contributed by atoms with Gasteiger partial charge in [-0.3, -0.25) is 4.79 Å². The Balaban J connectivity index is 2.92. The van der Waals surface area contributed by atoms with E-state index in [-0.39, 0.29) is 24.4 Å². The minimum Gasteiger partial charge on any atom is -0.465 e. The number of ether oxygens (including phenoxy) is 1. The van der Waals surface area contributed by atoms with Gasteiger partial charge in [0.1, 0.15) is 12.6 Å². The molecular formula is C12H11F3N2O2. The topological polar surface area (TPSA) is 62.1 Å². The van der Waals surface area contributed by atoms with Crippen LogP contribution < -0.4 is 5.32 Å². The highest BCUT2D eigenvalue weighted by Gasteiger charge is 2.31. The number of anilines is 1. The van der Waals surface area contributed by atoms with Crippen LogP contribution in [0.5, 0.6) is 0 Å². The molecule has 0 saturated heterocycles. The molecule has 0 fully saturated rings. The van der Waals surface area contributed by atoms with Crippen molar-refractivity contribution < 1.29 is 22.7 Å². The molecule has 1 aromatic rings. The summed E-state index contributed by atoms with van der Waals surface area (Å²) >= 11 is 0. The molecule has 0 aliphatic rings.